The molecule has 122 valence electrons. The van der Waals surface area contributed by atoms with Crippen LogP contribution in [0.5, 0.6) is 0 Å². The molecular weight excluding hydrogens is 341 g/mol. The smallest absolute Gasteiger partial charge is 0.251 e. The van der Waals surface area contributed by atoms with Gasteiger partial charge in [-0.1, -0.05) is 13.0 Å². The fourth-order valence-electron chi connectivity index (χ4n) is 1.91. The molecule has 0 saturated carbocycles. The number of halogens is 2. The fourth-order valence-corrected chi connectivity index (χ4v) is 2.69. The number of aryl methyl sites for hydroxylation is 2. The summed E-state index contributed by atoms with van der Waals surface area (Å²) in [6.45, 7) is 4.58. The van der Waals surface area contributed by atoms with E-state index in [1.807, 2.05) is 13.0 Å². The van der Waals surface area contributed by atoms with Gasteiger partial charge < -0.3 is 11.1 Å². The Morgan fingerprint density at radius 2 is 2.09 bits per heavy atom. The molecule has 0 radical (unpaired) electrons. The standard InChI is InChI=1S/C15H19N3OS.2ClH/c1-3-14-18-12(9-20-14)6-7-17-15(19)13-8-11(16)5-4-10(13)2;;/h4-5,8-9H,3,6-7,16H2,1-2H3,(H,17,19);2*1H. The molecular formula is C15H21Cl2N3OS. The topological polar surface area (TPSA) is 68.0 Å². The number of nitrogens with zero attached hydrogens (tertiary/aromatic N) is 1. The van der Waals surface area contributed by atoms with Crippen LogP contribution in [0.4, 0.5) is 5.69 Å². The Morgan fingerprint density at radius 3 is 2.73 bits per heavy atom. The van der Waals surface area contributed by atoms with Crippen LogP contribution in [0.2, 0.25) is 0 Å². The molecule has 7 heteroatoms. The summed E-state index contributed by atoms with van der Waals surface area (Å²) in [6.07, 6.45) is 1.71. The quantitative estimate of drug-likeness (QED) is 0.801. The molecule has 0 unspecified atom stereocenters. The van der Waals surface area contributed by atoms with E-state index in [-0.39, 0.29) is 30.7 Å². The van der Waals surface area contributed by atoms with Crippen LogP contribution in [0.15, 0.2) is 23.6 Å². The number of amides is 1. The third-order valence-electron chi connectivity index (χ3n) is 3.07. The molecule has 0 atom stereocenters. The van der Waals surface area contributed by atoms with Crippen molar-refractivity contribution in [2.75, 3.05) is 12.3 Å². The fraction of sp³-hybridized carbons (Fsp3) is 0.333. The van der Waals surface area contributed by atoms with Crippen molar-refractivity contribution in [1.29, 1.82) is 0 Å². The van der Waals surface area contributed by atoms with Gasteiger partial charge in [-0.25, -0.2) is 4.98 Å². The average Bonchev–Trinajstić information content (AvgIpc) is 2.89. The number of nitrogens with one attached hydrogen (secondary N) is 1. The minimum Gasteiger partial charge on any atom is -0.399 e. The van der Waals surface area contributed by atoms with Crippen molar-refractivity contribution >= 4 is 47.7 Å². The summed E-state index contributed by atoms with van der Waals surface area (Å²) in [5.41, 5.74) is 8.92. The van der Waals surface area contributed by atoms with Gasteiger partial charge in [0.05, 0.1) is 10.7 Å². The molecule has 4 nitrogen and oxygen atoms in total. The van der Waals surface area contributed by atoms with E-state index >= 15 is 0 Å². The normalized spacial score (nSPS) is 9.55. The van der Waals surface area contributed by atoms with Crippen LogP contribution < -0.4 is 11.1 Å². The molecule has 1 heterocycles. The van der Waals surface area contributed by atoms with E-state index in [9.17, 15) is 4.79 Å². The number of aromatic nitrogens is 1. The number of nitrogen functional groups attached to an aromatic ring is 1. The number of rotatable bonds is 5. The second kappa shape index (κ2) is 9.66. The van der Waals surface area contributed by atoms with Crippen molar-refractivity contribution in [2.45, 2.75) is 26.7 Å². The molecule has 0 saturated heterocycles. The van der Waals surface area contributed by atoms with Gasteiger partial charge in [-0.2, -0.15) is 0 Å². The van der Waals surface area contributed by atoms with E-state index in [1.165, 1.54) is 0 Å². The Balaban J connectivity index is 0.00000220. The number of carbonyl (C=O) groups excluding carboxylic acids is 1. The first-order chi connectivity index (χ1) is 9.60. The number of hydrogen-bond acceptors (Lipinski definition) is 4. The first kappa shape index (κ1) is 20.7. The van der Waals surface area contributed by atoms with Gasteiger partial charge >= 0.3 is 0 Å². The molecule has 22 heavy (non-hydrogen) atoms. The highest BCUT2D eigenvalue weighted by molar-refractivity contribution is 7.09. The number of benzene rings is 1. The molecule has 3 N–H and O–H groups in total. The Bertz CT molecular complexity index is 617. The number of anilines is 1. The van der Waals surface area contributed by atoms with Crippen molar-refractivity contribution in [3.8, 4) is 0 Å². The van der Waals surface area contributed by atoms with Gasteiger partial charge in [0.25, 0.3) is 5.91 Å². The summed E-state index contributed by atoms with van der Waals surface area (Å²) in [6, 6.07) is 5.37. The molecule has 1 aromatic heterocycles. The van der Waals surface area contributed by atoms with Crippen LogP contribution in [-0.2, 0) is 12.8 Å². The summed E-state index contributed by atoms with van der Waals surface area (Å²) in [4.78, 5) is 16.6. The predicted octanol–water partition coefficient (Wildman–Crippen LogP) is 3.41. The highest BCUT2D eigenvalue weighted by Gasteiger charge is 2.09. The molecule has 0 aliphatic carbocycles. The van der Waals surface area contributed by atoms with Gasteiger partial charge in [0, 0.05) is 29.6 Å². The van der Waals surface area contributed by atoms with Crippen molar-refractivity contribution in [1.82, 2.24) is 10.3 Å². The Labute approximate surface area is 147 Å². The van der Waals surface area contributed by atoms with Gasteiger partial charge in [-0.15, -0.1) is 36.2 Å². The zero-order valence-corrected chi connectivity index (χ0v) is 15.0. The average molecular weight is 362 g/mol. The van der Waals surface area contributed by atoms with Crippen molar-refractivity contribution in [2.24, 2.45) is 0 Å². The lowest BCUT2D eigenvalue weighted by Crippen LogP contribution is -2.26. The molecule has 0 aliphatic heterocycles. The van der Waals surface area contributed by atoms with Crippen LogP contribution in [0, 0.1) is 6.92 Å². The largest absolute Gasteiger partial charge is 0.399 e. The van der Waals surface area contributed by atoms with Gasteiger partial charge in [-0.05, 0) is 31.0 Å². The Morgan fingerprint density at radius 1 is 1.36 bits per heavy atom. The second-order valence-electron chi connectivity index (χ2n) is 4.67. The SMILES string of the molecule is CCc1nc(CCNC(=O)c2cc(N)ccc2C)cs1.Cl.Cl. The summed E-state index contributed by atoms with van der Waals surface area (Å²) in [5, 5.41) is 6.10. The number of thiazole rings is 1. The minimum atomic E-state index is -0.0826. The van der Waals surface area contributed by atoms with Crippen LogP contribution >= 0.6 is 36.2 Å². The summed E-state index contributed by atoms with van der Waals surface area (Å²) < 4.78 is 0. The van der Waals surface area contributed by atoms with E-state index in [0.29, 0.717) is 17.8 Å². The molecule has 2 rings (SSSR count). The third-order valence-corrected chi connectivity index (χ3v) is 4.12. The van der Waals surface area contributed by atoms with E-state index in [1.54, 1.807) is 23.5 Å². The van der Waals surface area contributed by atoms with E-state index in [0.717, 1.165) is 29.1 Å². The molecule has 0 aliphatic rings. The monoisotopic (exact) mass is 361 g/mol. The molecule has 0 bridgehead atoms. The lowest BCUT2D eigenvalue weighted by molar-refractivity contribution is 0.0953. The maximum absolute atomic E-state index is 12.1. The van der Waals surface area contributed by atoms with Crippen LogP contribution in [-0.4, -0.2) is 17.4 Å². The van der Waals surface area contributed by atoms with Gasteiger partial charge in [-0.3, -0.25) is 4.79 Å². The summed E-state index contributed by atoms with van der Waals surface area (Å²) >= 11 is 1.67. The molecule has 1 amide bonds. The molecule has 0 fully saturated rings. The highest BCUT2D eigenvalue weighted by atomic mass is 35.5. The Hall–Kier alpha value is -1.30. The van der Waals surface area contributed by atoms with Crippen molar-refractivity contribution in [3.63, 3.8) is 0 Å². The third kappa shape index (κ3) is 5.48. The number of carbonyl (C=O) groups is 1. The molecule has 0 spiro atoms. The zero-order valence-electron chi connectivity index (χ0n) is 12.6. The number of hydrogen-bond donors (Lipinski definition) is 2. The maximum atomic E-state index is 12.1. The van der Waals surface area contributed by atoms with Crippen molar-refractivity contribution in [3.05, 3.63) is 45.4 Å². The molecule has 1 aromatic carbocycles. The van der Waals surface area contributed by atoms with Gasteiger partial charge in [0.15, 0.2) is 0 Å². The zero-order chi connectivity index (χ0) is 14.5. The maximum Gasteiger partial charge on any atom is 0.251 e. The predicted molar refractivity (Wildman–Crippen MR) is 97.6 cm³/mol. The second-order valence-corrected chi connectivity index (χ2v) is 5.61. The van der Waals surface area contributed by atoms with E-state index in [2.05, 4.69) is 22.6 Å². The van der Waals surface area contributed by atoms with E-state index < -0.39 is 0 Å². The number of nitrogens with two attached hydrogens (primary N) is 1. The van der Waals surface area contributed by atoms with Crippen LogP contribution in [0.3, 0.4) is 0 Å². The lowest BCUT2D eigenvalue weighted by atomic mass is 10.1. The van der Waals surface area contributed by atoms with Crippen LogP contribution in [0.1, 0.15) is 33.5 Å². The summed E-state index contributed by atoms with van der Waals surface area (Å²) in [5.74, 6) is -0.0826. The first-order valence-corrected chi connectivity index (χ1v) is 7.55. The minimum absolute atomic E-state index is 0. The van der Waals surface area contributed by atoms with Gasteiger partial charge in [0.2, 0.25) is 0 Å². The van der Waals surface area contributed by atoms with Crippen molar-refractivity contribution < 1.29 is 4.79 Å². The van der Waals surface area contributed by atoms with E-state index in [4.69, 9.17) is 5.73 Å². The Kier molecular flexibility index (Phi) is 9.09. The van der Waals surface area contributed by atoms with Crippen LogP contribution in [0.25, 0.3) is 0 Å². The van der Waals surface area contributed by atoms with Gasteiger partial charge in [0.1, 0.15) is 0 Å². The first-order valence-electron chi connectivity index (χ1n) is 6.67. The highest BCUT2D eigenvalue weighted by Crippen LogP contribution is 2.13. The summed E-state index contributed by atoms with van der Waals surface area (Å²) in [7, 11) is 0. The molecule has 2 aromatic rings. The lowest BCUT2D eigenvalue weighted by Gasteiger charge is -2.07.